The Labute approximate surface area is 130 Å². The Kier molecular flexibility index (Phi) is 6.72. The van der Waals surface area contributed by atoms with Crippen molar-refractivity contribution in [3.63, 3.8) is 0 Å². The Balaban J connectivity index is 1.92. The summed E-state index contributed by atoms with van der Waals surface area (Å²) in [4.78, 5) is 2.65. The van der Waals surface area contributed by atoms with Gasteiger partial charge in [-0.1, -0.05) is 38.1 Å². The highest BCUT2D eigenvalue weighted by atomic mass is 15.1. The molecule has 2 heteroatoms. The van der Waals surface area contributed by atoms with Gasteiger partial charge >= 0.3 is 0 Å². The molecule has 1 aliphatic rings. The minimum absolute atomic E-state index is 0.505. The van der Waals surface area contributed by atoms with E-state index in [1.165, 1.54) is 56.4 Å². The molecule has 1 fully saturated rings. The maximum absolute atomic E-state index is 3.75. The maximum Gasteiger partial charge on any atom is 0.0335 e. The lowest BCUT2D eigenvalue weighted by molar-refractivity contribution is 0.184. The lowest BCUT2D eigenvalue weighted by Gasteiger charge is -2.32. The Morgan fingerprint density at radius 2 is 1.95 bits per heavy atom. The van der Waals surface area contributed by atoms with Crippen LogP contribution in [0.2, 0.25) is 0 Å². The molecule has 118 valence electrons. The summed E-state index contributed by atoms with van der Waals surface area (Å²) in [6.07, 6.45) is 5.16. The number of nitrogens with zero attached hydrogens (tertiary/aromatic N) is 1. The van der Waals surface area contributed by atoms with Gasteiger partial charge in [0.05, 0.1) is 0 Å². The molecule has 1 saturated heterocycles. The van der Waals surface area contributed by atoms with Crippen molar-refractivity contribution in [3.05, 3.63) is 35.4 Å². The predicted molar refractivity (Wildman–Crippen MR) is 91.7 cm³/mol. The Hall–Kier alpha value is -0.860. The average Bonchev–Trinajstić information content (AvgIpc) is 2.50. The molecule has 0 spiro atoms. The van der Waals surface area contributed by atoms with Crippen molar-refractivity contribution in [2.45, 2.75) is 52.5 Å². The smallest absolute Gasteiger partial charge is 0.0335 e. The fourth-order valence-electron chi connectivity index (χ4n) is 3.26. The number of rotatable bonds is 7. The van der Waals surface area contributed by atoms with Crippen LogP contribution in [0.1, 0.15) is 56.7 Å². The number of likely N-dealkylation sites (tertiary alicyclic amines) is 1. The topological polar surface area (TPSA) is 15.3 Å². The van der Waals surface area contributed by atoms with Gasteiger partial charge in [-0.15, -0.1) is 0 Å². The summed E-state index contributed by atoms with van der Waals surface area (Å²) in [7, 11) is 0. The standard InChI is InChI=1S/C19H32N2/c1-4-12-20-19(18-8-6-5-7-17(18)3)11-15-21-13-9-16(2)10-14-21/h5-8,16,19-20H,4,9-15H2,1-3H3. The van der Waals surface area contributed by atoms with Crippen LogP contribution in [0.15, 0.2) is 24.3 Å². The van der Waals surface area contributed by atoms with E-state index in [-0.39, 0.29) is 0 Å². The fourth-order valence-corrected chi connectivity index (χ4v) is 3.26. The number of piperidine rings is 1. The molecule has 2 rings (SSSR count). The van der Waals surface area contributed by atoms with Crippen molar-refractivity contribution in [1.82, 2.24) is 10.2 Å². The summed E-state index contributed by atoms with van der Waals surface area (Å²) in [5.74, 6) is 0.923. The van der Waals surface area contributed by atoms with Crippen LogP contribution in [0.5, 0.6) is 0 Å². The SMILES string of the molecule is CCCNC(CCN1CCC(C)CC1)c1ccccc1C. The second-order valence-electron chi connectivity index (χ2n) is 6.68. The molecule has 0 radical (unpaired) electrons. The zero-order chi connectivity index (χ0) is 15.1. The number of hydrogen-bond acceptors (Lipinski definition) is 2. The second kappa shape index (κ2) is 8.55. The lowest BCUT2D eigenvalue weighted by Crippen LogP contribution is -2.35. The molecule has 0 saturated carbocycles. The molecule has 0 aromatic heterocycles. The van der Waals surface area contributed by atoms with Gasteiger partial charge in [0, 0.05) is 6.04 Å². The first-order chi connectivity index (χ1) is 10.2. The van der Waals surface area contributed by atoms with Gasteiger partial charge < -0.3 is 10.2 Å². The zero-order valence-corrected chi connectivity index (χ0v) is 14.1. The van der Waals surface area contributed by atoms with Gasteiger partial charge in [0.1, 0.15) is 0 Å². The molecule has 1 unspecified atom stereocenters. The average molecular weight is 288 g/mol. The third kappa shape index (κ3) is 5.12. The Morgan fingerprint density at radius 3 is 2.62 bits per heavy atom. The summed E-state index contributed by atoms with van der Waals surface area (Å²) in [6.45, 7) is 11.8. The summed E-state index contributed by atoms with van der Waals surface area (Å²) < 4.78 is 0. The van der Waals surface area contributed by atoms with Crippen molar-refractivity contribution in [1.29, 1.82) is 0 Å². The van der Waals surface area contributed by atoms with Crippen molar-refractivity contribution in [3.8, 4) is 0 Å². The van der Waals surface area contributed by atoms with E-state index in [0.717, 1.165) is 12.5 Å². The fraction of sp³-hybridized carbons (Fsp3) is 0.684. The zero-order valence-electron chi connectivity index (χ0n) is 14.1. The van der Waals surface area contributed by atoms with Gasteiger partial charge in [-0.05, 0) is 75.8 Å². The molecule has 21 heavy (non-hydrogen) atoms. The van der Waals surface area contributed by atoms with Crippen LogP contribution in [-0.4, -0.2) is 31.1 Å². The van der Waals surface area contributed by atoms with E-state index in [1.54, 1.807) is 0 Å². The molecule has 0 aliphatic carbocycles. The second-order valence-corrected chi connectivity index (χ2v) is 6.68. The molecule has 1 aromatic carbocycles. The van der Waals surface area contributed by atoms with E-state index < -0.39 is 0 Å². The Morgan fingerprint density at radius 1 is 1.24 bits per heavy atom. The van der Waals surface area contributed by atoms with Crippen LogP contribution >= 0.6 is 0 Å². The summed E-state index contributed by atoms with van der Waals surface area (Å²) in [5, 5.41) is 3.75. The van der Waals surface area contributed by atoms with Crippen LogP contribution in [0.4, 0.5) is 0 Å². The first-order valence-electron chi connectivity index (χ1n) is 8.72. The van der Waals surface area contributed by atoms with E-state index in [0.29, 0.717) is 6.04 Å². The molecule has 1 N–H and O–H groups in total. The highest BCUT2D eigenvalue weighted by Gasteiger charge is 2.18. The third-order valence-electron chi connectivity index (χ3n) is 4.81. The summed E-state index contributed by atoms with van der Waals surface area (Å²) in [5.41, 5.74) is 2.90. The minimum atomic E-state index is 0.505. The van der Waals surface area contributed by atoms with E-state index in [4.69, 9.17) is 0 Å². The van der Waals surface area contributed by atoms with E-state index in [2.05, 4.69) is 55.3 Å². The van der Waals surface area contributed by atoms with Crippen LogP contribution in [-0.2, 0) is 0 Å². The first-order valence-corrected chi connectivity index (χ1v) is 8.72. The van der Waals surface area contributed by atoms with Crippen LogP contribution < -0.4 is 5.32 Å². The maximum atomic E-state index is 3.75. The molecule has 0 amide bonds. The highest BCUT2D eigenvalue weighted by Crippen LogP contribution is 2.23. The predicted octanol–water partition coefficient (Wildman–Crippen LogP) is 4.16. The highest BCUT2D eigenvalue weighted by molar-refractivity contribution is 5.28. The van der Waals surface area contributed by atoms with Crippen molar-refractivity contribution < 1.29 is 0 Å². The van der Waals surface area contributed by atoms with Crippen molar-refractivity contribution in [2.24, 2.45) is 5.92 Å². The van der Waals surface area contributed by atoms with Gasteiger partial charge in [-0.2, -0.15) is 0 Å². The van der Waals surface area contributed by atoms with E-state index in [1.807, 2.05) is 0 Å². The monoisotopic (exact) mass is 288 g/mol. The van der Waals surface area contributed by atoms with E-state index in [9.17, 15) is 0 Å². The largest absolute Gasteiger partial charge is 0.310 e. The normalized spacial score (nSPS) is 18.8. The number of aryl methyl sites for hydroxylation is 1. The summed E-state index contributed by atoms with van der Waals surface area (Å²) >= 11 is 0. The third-order valence-corrected chi connectivity index (χ3v) is 4.81. The first kappa shape index (κ1) is 16.5. The quantitative estimate of drug-likeness (QED) is 0.810. The lowest BCUT2D eigenvalue weighted by atomic mass is 9.96. The van der Waals surface area contributed by atoms with Gasteiger partial charge in [0.2, 0.25) is 0 Å². The van der Waals surface area contributed by atoms with Gasteiger partial charge in [0.25, 0.3) is 0 Å². The molecule has 1 atom stereocenters. The number of hydrogen-bond donors (Lipinski definition) is 1. The van der Waals surface area contributed by atoms with Gasteiger partial charge in [-0.25, -0.2) is 0 Å². The number of benzene rings is 1. The van der Waals surface area contributed by atoms with Gasteiger partial charge in [0.15, 0.2) is 0 Å². The molecular formula is C19H32N2. The van der Waals surface area contributed by atoms with Gasteiger partial charge in [-0.3, -0.25) is 0 Å². The Bertz CT molecular complexity index is 408. The van der Waals surface area contributed by atoms with E-state index >= 15 is 0 Å². The molecule has 1 heterocycles. The molecule has 2 nitrogen and oxygen atoms in total. The molecular weight excluding hydrogens is 256 g/mol. The number of nitrogens with one attached hydrogen (secondary N) is 1. The van der Waals surface area contributed by atoms with Crippen LogP contribution in [0.25, 0.3) is 0 Å². The molecule has 1 aromatic rings. The minimum Gasteiger partial charge on any atom is -0.310 e. The molecule has 1 aliphatic heterocycles. The summed E-state index contributed by atoms with van der Waals surface area (Å²) in [6, 6.07) is 9.35. The van der Waals surface area contributed by atoms with Crippen LogP contribution in [0.3, 0.4) is 0 Å². The van der Waals surface area contributed by atoms with Crippen molar-refractivity contribution in [2.75, 3.05) is 26.2 Å². The van der Waals surface area contributed by atoms with Crippen LogP contribution in [0, 0.1) is 12.8 Å². The molecule has 0 bridgehead atoms. The van der Waals surface area contributed by atoms with Crippen molar-refractivity contribution >= 4 is 0 Å².